The first-order valence-electron chi connectivity index (χ1n) is 5.95. The molecule has 0 aromatic carbocycles. The van der Waals surface area contributed by atoms with Crippen molar-refractivity contribution in [1.29, 1.82) is 0 Å². The Hall–Kier alpha value is -0.770. The Balaban J connectivity index is 2.00. The molecule has 0 atom stereocenters. The Labute approximate surface area is 91.4 Å². The summed E-state index contributed by atoms with van der Waals surface area (Å²) in [6, 6.07) is -0.103. The van der Waals surface area contributed by atoms with Gasteiger partial charge in [0.2, 0.25) is 0 Å². The van der Waals surface area contributed by atoms with Crippen molar-refractivity contribution in [2.75, 3.05) is 19.7 Å². The molecule has 1 saturated carbocycles. The van der Waals surface area contributed by atoms with Crippen LogP contribution in [0, 0.1) is 5.92 Å². The lowest BCUT2D eigenvalue weighted by Crippen LogP contribution is -2.39. The van der Waals surface area contributed by atoms with Crippen LogP contribution in [0.2, 0.25) is 0 Å². The summed E-state index contributed by atoms with van der Waals surface area (Å²) >= 11 is 0. The van der Waals surface area contributed by atoms with Gasteiger partial charge in [-0.3, -0.25) is 0 Å². The van der Waals surface area contributed by atoms with E-state index in [1.807, 2.05) is 0 Å². The molecule has 0 aromatic heterocycles. The van der Waals surface area contributed by atoms with E-state index < -0.39 is 0 Å². The van der Waals surface area contributed by atoms with Crippen LogP contribution in [0.15, 0.2) is 0 Å². The number of nitrogens with one attached hydrogen (secondary N) is 2. The number of hydrogen-bond donors (Lipinski definition) is 3. The third-order valence-electron chi connectivity index (χ3n) is 2.90. The molecule has 0 unspecified atom stereocenters. The Kier molecular flexibility index (Phi) is 6.16. The summed E-state index contributed by atoms with van der Waals surface area (Å²) in [4.78, 5) is 11.3. The zero-order chi connectivity index (χ0) is 10.9. The Morgan fingerprint density at radius 2 is 1.93 bits per heavy atom. The molecule has 0 aromatic rings. The van der Waals surface area contributed by atoms with Crippen molar-refractivity contribution in [1.82, 2.24) is 10.6 Å². The summed E-state index contributed by atoms with van der Waals surface area (Å²) in [6.45, 7) is 1.47. The first-order chi connectivity index (χ1) is 7.33. The minimum Gasteiger partial charge on any atom is -0.396 e. The zero-order valence-electron chi connectivity index (χ0n) is 9.30. The fraction of sp³-hybridized carbons (Fsp3) is 0.909. The second kappa shape index (κ2) is 7.51. The van der Waals surface area contributed by atoms with Crippen LogP contribution in [-0.4, -0.2) is 30.8 Å². The van der Waals surface area contributed by atoms with Crippen LogP contribution in [0.25, 0.3) is 0 Å². The van der Waals surface area contributed by atoms with Crippen LogP contribution in [-0.2, 0) is 0 Å². The highest BCUT2D eigenvalue weighted by molar-refractivity contribution is 5.73. The molecule has 15 heavy (non-hydrogen) atoms. The molecule has 4 nitrogen and oxygen atoms in total. The average Bonchev–Trinajstić information content (AvgIpc) is 2.28. The fourth-order valence-corrected chi connectivity index (χ4v) is 1.97. The predicted octanol–water partition coefficient (Wildman–Crippen LogP) is 1.25. The predicted molar refractivity (Wildman–Crippen MR) is 59.7 cm³/mol. The van der Waals surface area contributed by atoms with E-state index in [1.54, 1.807) is 0 Å². The summed E-state index contributed by atoms with van der Waals surface area (Å²) < 4.78 is 0. The number of aliphatic hydroxyl groups excluding tert-OH is 1. The Bertz CT molecular complexity index is 179. The summed E-state index contributed by atoms with van der Waals surface area (Å²) in [6.07, 6.45) is 7.07. The first-order valence-corrected chi connectivity index (χ1v) is 5.95. The van der Waals surface area contributed by atoms with Gasteiger partial charge in [-0.05, 0) is 25.2 Å². The highest BCUT2D eigenvalue weighted by Crippen LogP contribution is 2.22. The minimum atomic E-state index is -0.103. The Morgan fingerprint density at radius 3 is 2.60 bits per heavy atom. The van der Waals surface area contributed by atoms with Crippen LogP contribution in [0.4, 0.5) is 4.79 Å². The maximum absolute atomic E-state index is 11.3. The molecule has 88 valence electrons. The van der Waals surface area contributed by atoms with Crippen molar-refractivity contribution < 1.29 is 9.90 Å². The second-order valence-corrected chi connectivity index (χ2v) is 4.22. The molecule has 2 amide bonds. The lowest BCUT2D eigenvalue weighted by atomic mass is 9.89. The number of carbonyl (C=O) groups excluding carboxylic acids is 1. The van der Waals surface area contributed by atoms with Gasteiger partial charge in [-0.1, -0.05) is 19.3 Å². The topological polar surface area (TPSA) is 61.4 Å². The van der Waals surface area contributed by atoms with Gasteiger partial charge in [0.25, 0.3) is 0 Å². The number of carbonyl (C=O) groups is 1. The van der Waals surface area contributed by atoms with Crippen LogP contribution in [0.1, 0.15) is 38.5 Å². The first kappa shape index (κ1) is 12.3. The largest absolute Gasteiger partial charge is 0.396 e. The van der Waals surface area contributed by atoms with Crippen LogP contribution < -0.4 is 10.6 Å². The van der Waals surface area contributed by atoms with Crippen molar-refractivity contribution in [2.24, 2.45) is 5.92 Å². The van der Waals surface area contributed by atoms with Crippen molar-refractivity contribution in [2.45, 2.75) is 38.5 Å². The maximum Gasteiger partial charge on any atom is 0.314 e. The SMILES string of the molecule is O=C(NCCCO)NCC1CCCCC1. The number of urea groups is 1. The van der Waals surface area contributed by atoms with E-state index in [1.165, 1.54) is 32.1 Å². The lowest BCUT2D eigenvalue weighted by Gasteiger charge is -2.21. The number of hydrogen-bond acceptors (Lipinski definition) is 2. The van der Waals surface area contributed by atoms with Gasteiger partial charge in [-0.2, -0.15) is 0 Å². The second-order valence-electron chi connectivity index (χ2n) is 4.22. The molecule has 1 aliphatic carbocycles. The monoisotopic (exact) mass is 214 g/mol. The van der Waals surface area contributed by atoms with Gasteiger partial charge < -0.3 is 15.7 Å². The normalized spacial score (nSPS) is 17.4. The number of amides is 2. The standard InChI is InChI=1S/C11H22N2O2/c14-8-4-7-12-11(15)13-9-10-5-2-1-3-6-10/h10,14H,1-9H2,(H2,12,13,15). The smallest absolute Gasteiger partial charge is 0.314 e. The maximum atomic E-state index is 11.3. The van der Waals surface area contributed by atoms with Crippen molar-refractivity contribution in [3.63, 3.8) is 0 Å². The highest BCUT2D eigenvalue weighted by Gasteiger charge is 2.13. The van der Waals surface area contributed by atoms with E-state index in [0.717, 1.165) is 6.54 Å². The van der Waals surface area contributed by atoms with Crippen molar-refractivity contribution in [3.8, 4) is 0 Å². The molecule has 0 radical (unpaired) electrons. The number of aliphatic hydroxyl groups is 1. The van der Waals surface area contributed by atoms with Gasteiger partial charge in [-0.25, -0.2) is 4.79 Å². The number of rotatable bonds is 5. The van der Waals surface area contributed by atoms with Gasteiger partial charge in [0.05, 0.1) is 0 Å². The summed E-state index contributed by atoms with van der Waals surface area (Å²) in [5.74, 6) is 0.669. The quantitative estimate of drug-likeness (QED) is 0.603. The van der Waals surface area contributed by atoms with Crippen LogP contribution in [0.3, 0.4) is 0 Å². The average molecular weight is 214 g/mol. The molecule has 0 saturated heterocycles. The minimum absolute atomic E-state index is 0.103. The summed E-state index contributed by atoms with van der Waals surface area (Å²) in [5.41, 5.74) is 0. The summed E-state index contributed by atoms with van der Waals surface area (Å²) in [5, 5.41) is 14.1. The summed E-state index contributed by atoms with van der Waals surface area (Å²) in [7, 11) is 0. The molecule has 1 rings (SSSR count). The Morgan fingerprint density at radius 1 is 1.20 bits per heavy atom. The highest BCUT2D eigenvalue weighted by atomic mass is 16.3. The molecule has 1 aliphatic rings. The van der Waals surface area contributed by atoms with Crippen molar-refractivity contribution >= 4 is 6.03 Å². The van der Waals surface area contributed by atoms with Gasteiger partial charge >= 0.3 is 6.03 Å². The third-order valence-corrected chi connectivity index (χ3v) is 2.90. The molecule has 0 spiro atoms. The van der Waals surface area contributed by atoms with Gasteiger partial charge in [0.15, 0.2) is 0 Å². The molecule has 1 fully saturated rings. The molecular formula is C11H22N2O2. The van der Waals surface area contributed by atoms with E-state index in [0.29, 0.717) is 18.9 Å². The fourth-order valence-electron chi connectivity index (χ4n) is 1.97. The van der Waals surface area contributed by atoms with Crippen LogP contribution in [0.5, 0.6) is 0 Å². The van der Waals surface area contributed by atoms with E-state index in [9.17, 15) is 4.79 Å². The molecule has 0 heterocycles. The third kappa shape index (κ3) is 5.62. The van der Waals surface area contributed by atoms with Gasteiger partial charge in [0.1, 0.15) is 0 Å². The zero-order valence-corrected chi connectivity index (χ0v) is 9.30. The van der Waals surface area contributed by atoms with Gasteiger partial charge in [0, 0.05) is 19.7 Å². The van der Waals surface area contributed by atoms with Gasteiger partial charge in [-0.15, -0.1) is 0 Å². The van der Waals surface area contributed by atoms with E-state index in [-0.39, 0.29) is 12.6 Å². The van der Waals surface area contributed by atoms with E-state index in [2.05, 4.69) is 10.6 Å². The molecule has 0 bridgehead atoms. The van der Waals surface area contributed by atoms with E-state index in [4.69, 9.17) is 5.11 Å². The molecule has 3 N–H and O–H groups in total. The van der Waals surface area contributed by atoms with Crippen molar-refractivity contribution in [3.05, 3.63) is 0 Å². The molecule has 0 aliphatic heterocycles. The molecular weight excluding hydrogens is 192 g/mol. The van der Waals surface area contributed by atoms with Crippen LogP contribution >= 0.6 is 0 Å². The molecule has 4 heteroatoms. The van der Waals surface area contributed by atoms with E-state index >= 15 is 0 Å². The lowest BCUT2D eigenvalue weighted by molar-refractivity contribution is 0.233.